The fourth-order valence-corrected chi connectivity index (χ4v) is 5.76. The van der Waals surface area contributed by atoms with Crippen molar-refractivity contribution in [1.29, 1.82) is 0 Å². The van der Waals surface area contributed by atoms with Crippen molar-refractivity contribution < 1.29 is 32.4 Å². The summed E-state index contributed by atoms with van der Waals surface area (Å²) in [6.45, 7) is 0.185. The van der Waals surface area contributed by atoms with E-state index in [1.54, 1.807) is 18.2 Å². The maximum atomic E-state index is 13.6. The minimum atomic E-state index is -4.24. The molecule has 2 heterocycles. The van der Waals surface area contributed by atoms with Crippen molar-refractivity contribution in [3.8, 4) is 5.75 Å². The van der Waals surface area contributed by atoms with E-state index in [2.05, 4.69) is 5.32 Å². The molecule has 1 aliphatic rings. The molecule has 1 saturated heterocycles. The van der Waals surface area contributed by atoms with Gasteiger partial charge < -0.3 is 14.8 Å². The van der Waals surface area contributed by atoms with E-state index < -0.39 is 38.6 Å². The largest absolute Gasteiger partial charge is 0.478 e. The Balaban J connectivity index is 1.54. The average Bonchev–Trinajstić information content (AvgIpc) is 3.48. The number of cyclic esters (lactones) is 1. The van der Waals surface area contributed by atoms with Crippen LogP contribution in [0.5, 0.6) is 5.75 Å². The molecule has 1 fully saturated rings. The van der Waals surface area contributed by atoms with E-state index >= 15 is 0 Å². The van der Waals surface area contributed by atoms with Gasteiger partial charge in [-0.1, -0.05) is 29.8 Å². The highest BCUT2D eigenvalue weighted by Gasteiger charge is 2.30. The number of nitrogens with one attached hydrogen (secondary N) is 1. The van der Waals surface area contributed by atoms with E-state index in [9.17, 15) is 28.1 Å². The van der Waals surface area contributed by atoms with Gasteiger partial charge in [-0.3, -0.25) is 14.9 Å². The molecule has 0 aliphatic carbocycles. The van der Waals surface area contributed by atoms with Crippen LogP contribution < -0.4 is 10.1 Å². The number of carbonyl (C=O) groups excluding carboxylic acids is 2. The number of hydrogen-bond donors (Lipinski definition) is 1. The molecule has 3 aromatic carbocycles. The second-order valence-electron chi connectivity index (χ2n) is 8.27. The lowest BCUT2D eigenvalue weighted by molar-refractivity contribution is -0.384. The number of hydrogen-bond acceptors (Lipinski definition) is 8. The topological polar surface area (TPSA) is 147 Å². The Morgan fingerprint density at radius 3 is 2.55 bits per heavy atom. The van der Waals surface area contributed by atoms with Crippen LogP contribution in [0.1, 0.15) is 16.9 Å². The lowest BCUT2D eigenvalue weighted by Gasteiger charge is -2.13. The van der Waals surface area contributed by atoms with Crippen LogP contribution in [0.2, 0.25) is 5.02 Å². The van der Waals surface area contributed by atoms with Gasteiger partial charge in [-0.05, 0) is 48.5 Å². The van der Waals surface area contributed by atoms with Crippen LogP contribution in [-0.2, 0) is 19.6 Å². The summed E-state index contributed by atoms with van der Waals surface area (Å²) in [7, 11) is -4.24. The van der Waals surface area contributed by atoms with Crippen molar-refractivity contribution >= 4 is 55.8 Å². The van der Waals surface area contributed by atoms with Crippen LogP contribution in [0.3, 0.4) is 0 Å². The molecule has 0 radical (unpaired) electrons. The Kier molecular flexibility index (Phi) is 6.51. The van der Waals surface area contributed by atoms with E-state index in [1.165, 1.54) is 48.5 Å². The second kappa shape index (κ2) is 9.80. The highest BCUT2D eigenvalue weighted by Crippen LogP contribution is 2.33. The lowest BCUT2D eigenvalue weighted by atomic mass is 10.2. The van der Waals surface area contributed by atoms with Crippen LogP contribution in [-0.4, -0.2) is 41.9 Å². The fraction of sp³-hybridized carbons (Fsp3) is 0.120. The number of rotatable bonds is 7. The van der Waals surface area contributed by atoms with Gasteiger partial charge in [-0.15, -0.1) is 0 Å². The van der Waals surface area contributed by atoms with Gasteiger partial charge in [0, 0.05) is 16.8 Å². The van der Waals surface area contributed by atoms with Crippen molar-refractivity contribution in [1.82, 2.24) is 3.97 Å². The van der Waals surface area contributed by atoms with Crippen molar-refractivity contribution in [2.24, 2.45) is 0 Å². The summed E-state index contributed by atoms with van der Waals surface area (Å²) >= 11 is 6.09. The second-order valence-corrected chi connectivity index (χ2v) is 10.5. The quantitative estimate of drug-likeness (QED) is 0.201. The number of halogens is 1. The molecule has 4 aromatic rings. The molecule has 38 heavy (non-hydrogen) atoms. The number of anilines is 1. The smallest absolute Gasteiger partial charge is 0.347 e. The normalized spacial score (nSPS) is 15.3. The minimum Gasteiger partial charge on any atom is -0.478 e. The Bertz CT molecular complexity index is 1700. The number of benzene rings is 3. The first-order valence-electron chi connectivity index (χ1n) is 11.2. The summed E-state index contributed by atoms with van der Waals surface area (Å²) in [5.41, 5.74) is -0.799. The number of ether oxygens (including phenoxy) is 2. The van der Waals surface area contributed by atoms with E-state index in [-0.39, 0.29) is 34.1 Å². The molecule has 1 unspecified atom stereocenters. The zero-order valence-electron chi connectivity index (χ0n) is 19.4. The first kappa shape index (κ1) is 25.2. The summed E-state index contributed by atoms with van der Waals surface area (Å²) in [5, 5.41) is 14.9. The van der Waals surface area contributed by atoms with E-state index in [1.807, 2.05) is 0 Å². The Morgan fingerprint density at radius 1 is 1.11 bits per heavy atom. The zero-order chi connectivity index (χ0) is 27.0. The summed E-state index contributed by atoms with van der Waals surface area (Å²) in [6.07, 6.45) is -0.587. The van der Waals surface area contributed by atoms with E-state index in [4.69, 9.17) is 21.1 Å². The summed E-state index contributed by atoms with van der Waals surface area (Å²) in [4.78, 5) is 36.1. The molecule has 0 saturated carbocycles. The van der Waals surface area contributed by atoms with Gasteiger partial charge in [0.2, 0.25) is 0 Å². The lowest BCUT2D eigenvalue weighted by Crippen LogP contribution is -2.23. The van der Waals surface area contributed by atoms with Crippen LogP contribution >= 0.6 is 11.6 Å². The standard InChI is InChI=1S/C25H18ClN3O8S/c26-16-6-9-20-15(12-16)13-22(28(20)38(34,35)18-4-2-1-3-5-18)24(30)27-19-8-7-17(14-21(19)29(32)33)37-23-10-11-36-25(23)31/h1-9,12-14,23H,10-11H2,(H,27,30). The number of nitro groups is 1. The highest BCUT2D eigenvalue weighted by molar-refractivity contribution is 7.90. The summed E-state index contributed by atoms with van der Waals surface area (Å²) < 4.78 is 38.3. The summed E-state index contributed by atoms with van der Waals surface area (Å²) in [6, 6.07) is 17.0. The third kappa shape index (κ3) is 4.66. The number of nitrogens with zero attached hydrogens (tertiary/aromatic N) is 2. The fourth-order valence-electron chi connectivity index (χ4n) is 4.05. The van der Waals surface area contributed by atoms with Gasteiger partial charge in [0.25, 0.3) is 21.6 Å². The SMILES string of the molecule is O=C(Nc1ccc(OC2CCOC2=O)cc1[N+](=O)[O-])c1cc2cc(Cl)ccc2n1S(=O)(=O)c1ccccc1. The van der Waals surface area contributed by atoms with Crippen molar-refractivity contribution in [2.75, 3.05) is 11.9 Å². The van der Waals surface area contributed by atoms with Crippen LogP contribution in [0.15, 0.2) is 77.7 Å². The third-order valence-corrected chi connectivity index (χ3v) is 7.79. The average molecular weight is 556 g/mol. The number of nitro benzene ring substituents is 1. The predicted octanol–water partition coefficient (Wildman–Crippen LogP) is 4.39. The number of carbonyl (C=O) groups is 2. The Labute approximate surface area is 220 Å². The van der Waals surface area contributed by atoms with Gasteiger partial charge in [-0.2, -0.15) is 0 Å². The number of fused-ring (bicyclic) bond motifs is 1. The number of esters is 1. The molecule has 5 rings (SSSR count). The molecule has 1 atom stereocenters. The Morgan fingerprint density at radius 2 is 1.87 bits per heavy atom. The molecule has 11 nitrogen and oxygen atoms in total. The Hall–Kier alpha value is -4.42. The molecule has 13 heteroatoms. The first-order chi connectivity index (χ1) is 18.1. The van der Waals surface area contributed by atoms with Gasteiger partial charge in [-0.25, -0.2) is 17.2 Å². The number of aromatic nitrogens is 1. The van der Waals surface area contributed by atoms with E-state index in [0.717, 1.165) is 10.0 Å². The summed E-state index contributed by atoms with van der Waals surface area (Å²) in [5.74, 6) is -1.44. The van der Waals surface area contributed by atoms with E-state index in [0.29, 0.717) is 16.8 Å². The molecule has 194 valence electrons. The predicted molar refractivity (Wildman–Crippen MR) is 137 cm³/mol. The van der Waals surface area contributed by atoms with Crippen LogP contribution in [0.4, 0.5) is 11.4 Å². The van der Waals surface area contributed by atoms with Crippen molar-refractivity contribution in [2.45, 2.75) is 17.4 Å². The molecule has 1 aliphatic heterocycles. The van der Waals surface area contributed by atoms with Crippen LogP contribution in [0, 0.1) is 10.1 Å². The molecule has 1 aromatic heterocycles. The number of amides is 1. The molecular weight excluding hydrogens is 538 g/mol. The van der Waals surface area contributed by atoms with Crippen molar-refractivity contribution in [3.63, 3.8) is 0 Å². The highest BCUT2D eigenvalue weighted by atomic mass is 35.5. The minimum absolute atomic E-state index is 0.0361. The molecule has 1 amide bonds. The van der Waals surface area contributed by atoms with Crippen molar-refractivity contribution in [3.05, 3.63) is 93.6 Å². The third-order valence-electron chi connectivity index (χ3n) is 5.81. The van der Waals surface area contributed by atoms with Gasteiger partial charge >= 0.3 is 5.97 Å². The molecule has 1 N–H and O–H groups in total. The molecular formula is C25H18ClN3O8S. The maximum Gasteiger partial charge on any atom is 0.347 e. The molecule has 0 bridgehead atoms. The van der Waals surface area contributed by atoms with Gasteiger partial charge in [0.1, 0.15) is 17.1 Å². The van der Waals surface area contributed by atoms with Gasteiger partial charge in [0.15, 0.2) is 6.10 Å². The zero-order valence-corrected chi connectivity index (χ0v) is 20.9. The van der Waals surface area contributed by atoms with Gasteiger partial charge in [0.05, 0.1) is 28.0 Å². The first-order valence-corrected chi connectivity index (χ1v) is 13.0. The monoisotopic (exact) mass is 555 g/mol. The maximum absolute atomic E-state index is 13.6. The molecule has 0 spiro atoms. The van der Waals surface area contributed by atoms with Crippen LogP contribution in [0.25, 0.3) is 10.9 Å².